The smallest absolute Gasteiger partial charge is 0.265 e. The van der Waals surface area contributed by atoms with Crippen molar-refractivity contribution in [3.63, 3.8) is 0 Å². The van der Waals surface area contributed by atoms with Gasteiger partial charge in [0, 0.05) is 23.5 Å². The zero-order valence-electron chi connectivity index (χ0n) is 9.77. The number of nitrogens with one attached hydrogen (secondary N) is 1. The molecular weight excluding hydrogens is 282 g/mol. The van der Waals surface area contributed by atoms with E-state index in [1.165, 1.54) is 32.4 Å². The van der Waals surface area contributed by atoms with E-state index in [1.807, 2.05) is 0 Å². The Labute approximate surface area is 109 Å². The molecular formula is C10H12ClNO5S. The zero-order chi connectivity index (χ0) is 13.8. The lowest BCUT2D eigenvalue weighted by atomic mass is 10.3. The highest BCUT2D eigenvalue weighted by atomic mass is 35.7. The topological polar surface area (TPSA) is 81.7 Å². The molecule has 0 heterocycles. The predicted octanol–water partition coefficient (Wildman–Crippen LogP) is 1.21. The van der Waals surface area contributed by atoms with Crippen LogP contribution in [0, 0.1) is 0 Å². The van der Waals surface area contributed by atoms with Crippen molar-refractivity contribution in [3.05, 3.63) is 18.2 Å². The number of hydrogen-bond acceptors (Lipinski definition) is 5. The highest BCUT2D eigenvalue weighted by Crippen LogP contribution is 2.29. The van der Waals surface area contributed by atoms with Crippen molar-refractivity contribution in [3.8, 4) is 5.75 Å². The van der Waals surface area contributed by atoms with Crippen LogP contribution in [-0.2, 0) is 18.6 Å². The van der Waals surface area contributed by atoms with Gasteiger partial charge in [0.05, 0.1) is 7.11 Å². The first-order valence-electron chi connectivity index (χ1n) is 4.80. The van der Waals surface area contributed by atoms with Crippen LogP contribution in [0.1, 0.15) is 0 Å². The third kappa shape index (κ3) is 3.86. The molecule has 0 aliphatic heterocycles. The molecule has 0 unspecified atom stereocenters. The van der Waals surface area contributed by atoms with Gasteiger partial charge in [-0.15, -0.1) is 0 Å². The van der Waals surface area contributed by atoms with Crippen LogP contribution in [0.15, 0.2) is 23.1 Å². The number of carbonyl (C=O) groups excluding carboxylic acids is 1. The predicted molar refractivity (Wildman–Crippen MR) is 66.5 cm³/mol. The summed E-state index contributed by atoms with van der Waals surface area (Å²) in [6, 6.07) is 4.12. The first kappa shape index (κ1) is 14.7. The zero-order valence-corrected chi connectivity index (χ0v) is 11.3. The molecule has 0 saturated carbocycles. The van der Waals surface area contributed by atoms with E-state index in [-0.39, 0.29) is 22.9 Å². The van der Waals surface area contributed by atoms with Gasteiger partial charge in [0.2, 0.25) is 5.91 Å². The minimum Gasteiger partial charge on any atom is -0.495 e. The fourth-order valence-electron chi connectivity index (χ4n) is 1.27. The number of hydrogen-bond donors (Lipinski definition) is 1. The molecule has 0 fully saturated rings. The van der Waals surface area contributed by atoms with Gasteiger partial charge in [0.25, 0.3) is 9.05 Å². The van der Waals surface area contributed by atoms with E-state index in [0.29, 0.717) is 0 Å². The second-order valence-corrected chi connectivity index (χ2v) is 5.82. The van der Waals surface area contributed by atoms with E-state index in [4.69, 9.17) is 15.4 Å². The quantitative estimate of drug-likeness (QED) is 0.825. The molecule has 0 atom stereocenters. The summed E-state index contributed by atoms with van der Waals surface area (Å²) < 4.78 is 32.2. The summed E-state index contributed by atoms with van der Waals surface area (Å²) in [5.74, 6) is -0.296. The average molecular weight is 294 g/mol. The standard InChI is InChI=1S/C10H12ClNO5S/c1-16-6-10(13)12-7-3-4-8(17-2)9(5-7)18(11,14)15/h3-5H,6H2,1-2H3,(H,12,13). The van der Waals surface area contributed by atoms with Crippen molar-refractivity contribution in [2.24, 2.45) is 0 Å². The van der Waals surface area contributed by atoms with Gasteiger partial charge in [-0.1, -0.05) is 0 Å². The normalized spacial score (nSPS) is 11.1. The number of benzene rings is 1. The van der Waals surface area contributed by atoms with Crippen molar-refractivity contribution in [1.82, 2.24) is 0 Å². The Kier molecular flexibility index (Phi) is 4.94. The number of amides is 1. The van der Waals surface area contributed by atoms with Gasteiger partial charge < -0.3 is 14.8 Å². The van der Waals surface area contributed by atoms with Crippen molar-refractivity contribution in [2.45, 2.75) is 4.90 Å². The number of carbonyl (C=O) groups is 1. The van der Waals surface area contributed by atoms with E-state index in [2.05, 4.69) is 10.1 Å². The van der Waals surface area contributed by atoms with Crippen LogP contribution in [0.2, 0.25) is 0 Å². The lowest BCUT2D eigenvalue weighted by molar-refractivity contribution is -0.119. The van der Waals surface area contributed by atoms with E-state index in [9.17, 15) is 13.2 Å². The summed E-state index contributed by atoms with van der Waals surface area (Å²) in [7, 11) is 4.02. The lowest BCUT2D eigenvalue weighted by Gasteiger charge is -2.09. The number of methoxy groups -OCH3 is 2. The van der Waals surface area contributed by atoms with Crippen LogP contribution in [0.5, 0.6) is 5.75 Å². The summed E-state index contributed by atoms with van der Waals surface area (Å²) in [5.41, 5.74) is 0.289. The molecule has 6 nitrogen and oxygen atoms in total. The van der Waals surface area contributed by atoms with Crippen molar-refractivity contribution >= 4 is 31.3 Å². The Hall–Kier alpha value is -1.31. The summed E-state index contributed by atoms with van der Waals surface area (Å²) in [4.78, 5) is 11.1. The van der Waals surface area contributed by atoms with Gasteiger partial charge >= 0.3 is 0 Å². The lowest BCUT2D eigenvalue weighted by Crippen LogP contribution is -2.17. The molecule has 100 valence electrons. The summed E-state index contributed by atoms with van der Waals surface area (Å²) in [5, 5.41) is 2.46. The van der Waals surface area contributed by atoms with Crippen LogP contribution in [0.3, 0.4) is 0 Å². The Bertz CT molecular complexity index is 543. The van der Waals surface area contributed by atoms with Gasteiger partial charge in [-0.25, -0.2) is 8.42 Å². The molecule has 0 aromatic heterocycles. The summed E-state index contributed by atoms with van der Waals surface area (Å²) >= 11 is 0. The minimum atomic E-state index is -3.95. The Balaban J connectivity index is 3.08. The molecule has 0 radical (unpaired) electrons. The van der Waals surface area contributed by atoms with Crippen molar-refractivity contribution in [1.29, 1.82) is 0 Å². The first-order chi connectivity index (χ1) is 8.38. The van der Waals surface area contributed by atoms with Crippen molar-refractivity contribution in [2.75, 3.05) is 26.1 Å². The van der Waals surface area contributed by atoms with Gasteiger partial charge in [0.15, 0.2) is 0 Å². The second-order valence-electron chi connectivity index (χ2n) is 3.28. The molecule has 8 heteroatoms. The average Bonchev–Trinajstić information content (AvgIpc) is 2.28. The molecule has 1 N–H and O–H groups in total. The minimum absolute atomic E-state index is 0.106. The molecule has 0 bridgehead atoms. The van der Waals surface area contributed by atoms with Crippen LogP contribution in [0.4, 0.5) is 5.69 Å². The van der Waals surface area contributed by atoms with Gasteiger partial charge in [-0.2, -0.15) is 0 Å². The highest BCUT2D eigenvalue weighted by molar-refractivity contribution is 8.13. The Morgan fingerprint density at radius 1 is 1.39 bits per heavy atom. The fourth-order valence-corrected chi connectivity index (χ4v) is 2.29. The number of rotatable bonds is 5. The van der Waals surface area contributed by atoms with Crippen LogP contribution >= 0.6 is 10.7 Å². The summed E-state index contributed by atoms with van der Waals surface area (Å²) in [6.45, 7) is -0.130. The SMILES string of the molecule is COCC(=O)Nc1ccc(OC)c(S(=O)(=O)Cl)c1. The monoisotopic (exact) mass is 293 g/mol. The van der Waals surface area contributed by atoms with E-state index >= 15 is 0 Å². The van der Waals surface area contributed by atoms with Crippen LogP contribution in [0.25, 0.3) is 0 Å². The maximum absolute atomic E-state index is 11.3. The third-order valence-corrected chi connectivity index (χ3v) is 3.33. The molecule has 18 heavy (non-hydrogen) atoms. The number of ether oxygens (including phenoxy) is 2. The molecule has 0 aliphatic carbocycles. The maximum Gasteiger partial charge on any atom is 0.265 e. The van der Waals surface area contributed by atoms with Crippen LogP contribution in [-0.4, -0.2) is 35.2 Å². The first-order valence-corrected chi connectivity index (χ1v) is 7.11. The fraction of sp³-hybridized carbons (Fsp3) is 0.300. The second kappa shape index (κ2) is 6.03. The molecule has 0 aliphatic rings. The number of anilines is 1. The van der Waals surface area contributed by atoms with E-state index in [0.717, 1.165) is 0 Å². The summed E-state index contributed by atoms with van der Waals surface area (Å²) in [6.07, 6.45) is 0. The largest absolute Gasteiger partial charge is 0.495 e. The Morgan fingerprint density at radius 2 is 2.06 bits per heavy atom. The molecule has 0 spiro atoms. The van der Waals surface area contributed by atoms with E-state index in [1.54, 1.807) is 0 Å². The molecule has 1 rings (SSSR count). The third-order valence-electron chi connectivity index (χ3n) is 1.99. The number of halogens is 1. The van der Waals surface area contributed by atoms with Gasteiger partial charge in [-0.05, 0) is 18.2 Å². The van der Waals surface area contributed by atoms with Gasteiger partial charge in [-0.3, -0.25) is 4.79 Å². The molecule has 1 amide bonds. The Morgan fingerprint density at radius 3 is 2.56 bits per heavy atom. The molecule has 0 saturated heterocycles. The van der Waals surface area contributed by atoms with Gasteiger partial charge in [0.1, 0.15) is 17.3 Å². The molecule has 1 aromatic carbocycles. The molecule has 1 aromatic rings. The van der Waals surface area contributed by atoms with Crippen LogP contribution < -0.4 is 10.1 Å². The van der Waals surface area contributed by atoms with Crippen molar-refractivity contribution < 1.29 is 22.7 Å². The maximum atomic E-state index is 11.3. The highest BCUT2D eigenvalue weighted by Gasteiger charge is 2.17. The van der Waals surface area contributed by atoms with E-state index < -0.39 is 15.0 Å².